The predicted octanol–water partition coefficient (Wildman–Crippen LogP) is 2.47. The number of hydrogen-bond acceptors (Lipinski definition) is 4. The van der Waals surface area contributed by atoms with Crippen LogP contribution in [0.15, 0.2) is 36.5 Å². The van der Waals surface area contributed by atoms with Gasteiger partial charge in [-0.2, -0.15) is 5.10 Å². The lowest BCUT2D eigenvalue weighted by atomic mass is 10.0. The summed E-state index contributed by atoms with van der Waals surface area (Å²) in [5.74, 6) is -0.186. The number of hydrogen-bond donors (Lipinski definition) is 1. The highest BCUT2D eigenvalue weighted by Crippen LogP contribution is 2.26. The van der Waals surface area contributed by atoms with E-state index in [1.54, 1.807) is 30.1 Å². The molecule has 3 rings (SSSR count). The summed E-state index contributed by atoms with van der Waals surface area (Å²) in [7, 11) is 1.58. The molecule has 0 aliphatic carbocycles. The minimum Gasteiger partial charge on any atom is -0.384 e. The molecule has 1 aliphatic heterocycles. The Hall–Kier alpha value is -2.74. The molecule has 0 unspecified atom stereocenters. The molecule has 8 heteroatoms. The van der Waals surface area contributed by atoms with Gasteiger partial charge in [-0.25, -0.2) is 9.07 Å². The molecular weight excluding hydrogens is 351 g/mol. The van der Waals surface area contributed by atoms with Crippen molar-refractivity contribution in [3.8, 4) is 0 Å². The number of likely N-dealkylation sites (tertiary alicyclic amines) is 1. The maximum atomic E-state index is 13.3. The van der Waals surface area contributed by atoms with Crippen LogP contribution in [-0.4, -0.2) is 53.3 Å². The average molecular weight is 374 g/mol. The molecule has 1 aliphatic rings. The third kappa shape index (κ3) is 4.71. The first-order valence-electron chi connectivity index (χ1n) is 8.95. The van der Waals surface area contributed by atoms with Crippen molar-refractivity contribution in [2.75, 3.05) is 32.1 Å². The molecule has 0 radical (unpaired) electrons. The van der Waals surface area contributed by atoms with E-state index in [9.17, 15) is 14.0 Å². The highest BCUT2D eigenvalue weighted by molar-refractivity contribution is 6.03. The molecule has 1 N–H and O–H groups in total. The van der Waals surface area contributed by atoms with Gasteiger partial charge in [0.1, 0.15) is 11.6 Å². The quantitative estimate of drug-likeness (QED) is 0.843. The van der Waals surface area contributed by atoms with E-state index in [1.165, 1.54) is 18.2 Å². The Kier molecular flexibility index (Phi) is 6.18. The zero-order valence-corrected chi connectivity index (χ0v) is 15.2. The molecule has 0 saturated carbocycles. The molecule has 0 spiro atoms. The lowest BCUT2D eigenvalue weighted by Gasteiger charge is -2.32. The fraction of sp³-hybridized carbons (Fsp3) is 0.421. The van der Waals surface area contributed by atoms with Gasteiger partial charge in [0, 0.05) is 31.8 Å². The topological polar surface area (TPSA) is 76.5 Å². The maximum absolute atomic E-state index is 13.3. The Morgan fingerprint density at radius 2 is 2.07 bits per heavy atom. The Labute approximate surface area is 157 Å². The smallest absolute Gasteiger partial charge is 0.256 e. The van der Waals surface area contributed by atoms with Crippen molar-refractivity contribution in [1.29, 1.82) is 0 Å². The van der Waals surface area contributed by atoms with E-state index in [0.717, 1.165) is 12.8 Å². The second-order valence-electron chi connectivity index (χ2n) is 6.48. The molecule has 2 heterocycles. The highest BCUT2D eigenvalue weighted by Gasteiger charge is 2.25. The Morgan fingerprint density at radius 3 is 2.78 bits per heavy atom. The van der Waals surface area contributed by atoms with Gasteiger partial charge in [-0.1, -0.05) is 6.07 Å². The number of benzene rings is 1. The van der Waals surface area contributed by atoms with Crippen LogP contribution in [0.3, 0.4) is 0 Å². The van der Waals surface area contributed by atoms with Gasteiger partial charge in [-0.3, -0.25) is 9.59 Å². The largest absolute Gasteiger partial charge is 0.384 e. The van der Waals surface area contributed by atoms with Crippen molar-refractivity contribution in [2.24, 2.45) is 0 Å². The van der Waals surface area contributed by atoms with E-state index in [-0.39, 0.29) is 23.4 Å². The molecule has 7 nitrogen and oxygen atoms in total. The van der Waals surface area contributed by atoms with Gasteiger partial charge in [0.2, 0.25) is 5.91 Å². The number of ether oxygens (including phenoxy) is 1. The molecular formula is C19H23FN4O3. The maximum Gasteiger partial charge on any atom is 0.256 e. The second kappa shape index (κ2) is 8.77. The Morgan fingerprint density at radius 1 is 1.30 bits per heavy atom. The molecule has 1 fully saturated rings. The second-order valence-corrected chi connectivity index (χ2v) is 6.48. The van der Waals surface area contributed by atoms with Crippen molar-refractivity contribution in [3.63, 3.8) is 0 Å². The standard InChI is InChI=1S/C19H23FN4O3/c1-27-12-8-18(25)23-10-6-16(7-11-23)24-17(5-9-21-24)22-19(26)14-3-2-4-15(20)13-14/h2-5,9,13,16H,6-8,10-12H2,1H3,(H,22,26). The molecule has 2 amide bonds. The number of halogens is 1. The molecule has 1 aromatic carbocycles. The van der Waals surface area contributed by atoms with Crippen molar-refractivity contribution in [1.82, 2.24) is 14.7 Å². The van der Waals surface area contributed by atoms with Gasteiger partial charge in [0.25, 0.3) is 5.91 Å². The number of aromatic nitrogens is 2. The summed E-state index contributed by atoms with van der Waals surface area (Å²) >= 11 is 0. The molecule has 1 saturated heterocycles. The Bertz CT molecular complexity index is 800. The number of rotatable bonds is 6. The summed E-state index contributed by atoms with van der Waals surface area (Å²) in [6.45, 7) is 1.71. The zero-order chi connectivity index (χ0) is 19.2. The first-order chi connectivity index (χ1) is 13.1. The molecule has 27 heavy (non-hydrogen) atoms. The van der Waals surface area contributed by atoms with Gasteiger partial charge in [-0.05, 0) is 31.0 Å². The van der Waals surface area contributed by atoms with Crippen LogP contribution in [0.5, 0.6) is 0 Å². The summed E-state index contributed by atoms with van der Waals surface area (Å²) in [4.78, 5) is 26.3. The lowest BCUT2D eigenvalue weighted by molar-refractivity contribution is -0.133. The van der Waals surface area contributed by atoms with Crippen LogP contribution in [0, 0.1) is 5.82 Å². The van der Waals surface area contributed by atoms with E-state index in [4.69, 9.17) is 4.74 Å². The van der Waals surface area contributed by atoms with Crippen molar-refractivity contribution in [2.45, 2.75) is 25.3 Å². The van der Waals surface area contributed by atoms with Crippen molar-refractivity contribution >= 4 is 17.6 Å². The number of carbonyl (C=O) groups excluding carboxylic acids is 2. The zero-order valence-electron chi connectivity index (χ0n) is 15.2. The third-order valence-corrected chi connectivity index (χ3v) is 4.68. The Balaban J connectivity index is 1.61. The van der Waals surface area contributed by atoms with Gasteiger partial charge >= 0.3 is 0 Å². The normalized spacial score (nSPS) is 15.0. The highest BCUT2D eigenvalue weighted by atomic mass is 19.1. The first kappa shape index (κ1) is 19.0. The van der Waals surface area contributed by atoms with Crippen LogP contribution in [0.2, 0.25) is 0 Å². The number of nitrogens with one attached hydrogen (secondary N) is 1. The van der Waals surface area contributed by atoms with Crippen LogP contribution in [0.25, 0.3) is 0 Å². The summed E-state index contributed by atoms with van der Waals surface area (Å²) in [5, 5.41) is 7.12. The number of anilines is 1. The number of carbonyl (C=O) groups is 2. The van der Waals surface area contributed by atoms with E-state index < -0.39 is 5.82 Å². The summed E-state index contributed by atoms with van der Waals surface area (Å²) in [6.07, 6.45) is 3.52. The number of methoxy groups -OCH3 is 1. The summed E-state index contributed by atoms with van der Waals surface area (Å²) in [5.41, 5.74) is 0.251. The van der Waals surface area contributed by atoms with E-state index >= 15 is 0 Å². The van der Waals surface area contributed by atoms with Crippen LogP contribution in [0.4, 0.5) is 10.2 Å². The number of nitrogens with zero attached hydrogens (tertiary/aromatic N) is 3. The summed E-state index contributed by atoms with van der Waals surface area (Å²) < 4.78 is 20.0. The van der Waals surface area contributed by atoms with Crippen molar-refractivity contribution in [3.05, 3.63) is 47.9 Å². The average Bonchev–Trinajstić information content (AvgIpc) is 3.14. The van der Waals surface area contributed by atoms with E-state index in [2.05, 4.69) is 10.4 Å². The van der Waals surface area contributed by atoms with Gasteiger partial charge in [0.05, 0.1) is 25.3 Å². The van der Waals surface area contributed by atoms with Crippen LogP contribution in [-0.2, 0) is 9.53 Å². The van der Waals surface area contributed by atoms with Crippen LogP contribution >= 0.6 is 0 Å². The van der Waals surface area contributed by atoms with Crippen LogP contribution < -0.4 is 5.32 Å². The fourth-order valence-corrected chi connectivity index (χ4v) is 3.23. The molecule has 2 aromatic rings. The van der Waals surface area contributed by atoms with Gasteiger partial charge in [0.15, 0.2) is 0 Å². The molecule has 1 aromatic heterocycles. The monoisotopic (exact) mass is 374 g/mol. The first-order valence-corrected chi connectivity index (χ1v) is 8.95. The minimum absolute atomic E-state index is 0.0919. The predicted molar refractivity (Wildman–Crippen MR) is 97.9 cm³/mol. The van der Waals surface area contributed by atoms with Crippen LogP contribution in [0.1, 0.15) is 35.7 Å². The number of piperidine rings is 1. The van der Waals surface area contributed by atoms with Crippen molar-refractivity contribution < 1.29 is 18.7 Å². The summed E-state index contributed by atoms with van der Waals surface area (Å²) in [6, 6.07) is 7.35. The minimum atomic E-state index is -0.457. The molecule has 0 bridgehead atoms. The number of amides is 2. The fourth-order valence-electron chi connectivity index (χ4n) is 3.23. The van der Waals surface area contributed by atoms with E-state index in [0.29, 0.717) is 31.9 Å². The molecule has 144 valence electrons. The van der Waals surface area contributed by atoms with E-state index in [1.807, 2.05) is 4.90 Å². The third-order valence-electron chi connectivity index (χ3n) is 4.68. The van der Waals surface area contributed by atoms with Gasteiger partial charge in [-0.15, -0.1) is 0 Å². The molecule has 0 atom stereocenters. The lowest BCUT2D eigenvalue weighted by Crippen LogP contribution is -2.39. The van der Waals surface area contributed by atoms with Gasteiger partial charge < -0.3 is 15.0 Å². The SMILES string of the molecule is COCCC(=O)N1CCC(n2nccc2NC(=O)c2cccc(F)c2)CC1.